The van der Waals surface area contributed by atoms with Crippen molar-refractivity contribution in [3.05, 3.63) is 34.3 Å². The molecule has 1 aromatic carbocycles. The number of hydrogen-bond acceptors (Lipinski definition) is 3. The SMILES string of the molecule is CN(CCC(=O)c1cccc(Br)c1)C1CCOCC1. The minimum atomic E-state index is 0.209. The first-order chi connectivity index (χ1) is 9.16. The van der Waals surface area contributed by atoms with Gasteiger partial charge in [-0.25, -0.2) is 0 Å². The molecule has 0 aromatic heterocycles. The van der Waals surface area contributed by atoms with Gasteiger partial charge in [-0.05, 0) is 32.0 Å². The molecule has 0 atom stereocenters. The lowest BCUT2D eigenvalue weighted by Gasteiger charge is -2.30. The van der Waals surface area contributed by atoms with Crippen molar-refractivity contribution in [1.82, 2.24) is 4.90 Å². The zero-order valence-electron chi connectivity index (χ0n) is 11.3. The summed E-state index contributed by atoms with van der Waals surface area (Å²) in [4.78, 5) is 14.4. The minimum Gasteiger partial charge on any atom is -0.381 e. The molecule has 1 aliphatic rings. The highest BCUT2D eigenvalue weighted by Crippen LogP contribution is 2.15. The van der Waals surface area contributed by atoms with Gasteiger partial charge in [0.05, 0.1) is 0 Å². The van der Waals surface area contributed by atoms with Crippen LogP contribution in [0.15, 0.2) is 28.7 Å². The third-order valence-corrected chi connectivity index (χ3v) is 4.15. The summed E-state index contributed by atoms with van der Waals surface area (Å²) in [5.41, 5.74) is 0.787. The highest BCUT2D eigenvalue weighted by molar-refractivity contribution is 9.10. The van der Waals surface area contributed by atoms with Gasteiger partial charge in [0.25, 0.3) is 0 Å². The quantitative estimate of drug-likeness (QED) is 0.779. The van der Waals surface area contributed by atoms with E-state index in [4.69, 9.17) is 4.74 Å². The van der Waals surface area contributed by atoms with Gasteiger partial charge in [0, 0.05) is 42.3 Å². The lowest BCUT2D eigenvalue weighted by atomic mass is 10.1. The number of carbonyl (C=O) groups is 1. The van der Waals surface area contributed by atoms with E-state index in [-0.39, 0.29) is 5.78 Å². The van der Waals surface area contributed by atoms with Gasteiger partial charge in [0.1, 0.15) is 0 Å². The minimum absolute atomic E-state index is 0.209. The Kier molecular flexibility index (Phi) is 5.55. The van der Waals surface area contributed by atoms with E-state index in [0.29, 0.717) is 12.5 Å². The van der Waals surface area contributed by atoms with Crippen molar-refractivity contribution in [2.45, 2.75) is 25.3 Å². The largest absolute Gasteiger partial charge is 0.381 e. The van der Waals surface area contributed by atoms with Gasteiger partial charge in [0.2, 0.25) is 0 Å². The molecule has 0 aliphatic carbocycles. The van der Waals surface area contributed by atoms with Gasteiger partial charge in [-0.1, -0.05) is 28.1 Å². The van der Waals surface area contributed by atoms with Crippen LogP contribution >= 0.6 is 15.9 Å². The van der Waals surface area contributed by atoms with Crippen molar-refractivity contribution in [3.63, 3.8) is 0 Å². The van der Waals surface area contributed by atoms with Gasteiger partial charge in [-0.3, -0.25) is 4.79 Å². The molecule has 1 fully saturated rings. The van der Waals surface area contributed by atoms with E-state index in [9.17, 15) is 4.79 Å². The summed E-state index contributed by atoms with van der Waals surface area (Å²) in [7, 11) is 2.10. The van der Waals surface area contributed by atoms with E-state index < -0.39 is 0 Å². The van der Waals surface area contributed by atoms with E-state index >= 15 is 0 Å². The van der Waals surface area contributed by atoms with Crippen LogP contribution in [0.5, 0.6) is 0 Å². The number of rotatable bonds is 5. The number of ketones is 1. The lowest BCUT2D eigenvalue weighted by Crippen LogP contribution is -2.37. The molecule has 1 aromatic rings. The molecule has 0 bridgehead atoms. The van der Waals surface area contributed by atoms with Crippen LogP contribution in [0.25, 0.3) is 0 Å². The van der Waals surface area contributed by atoms with Gasteiger partial charge >= 0.3 is 0 Å². The van der Waals surface area contributed by atoms with Gasteiger partial charge in [-0.15, -0.1) is 0 Å². The van der Waals surface area contributed by atoms with Crippen LogP contribution in [0.2, 0.25) is 0 Å². The standard InChI is InChI=1S/C15H20BrNO2/c1-17(14-6-9-19-10-7-14)8-5-15(18)12-3-2-4-13(16)11-12/h2-4,11,14H,5-10H2,1H3. The van der Waals surface area contributed by atoms with Crippen LogP contribution in [0.4, 0.5) is 0 Å². The van der Waals surface area contributed by atoms with Crippen LogP contribution in [0.1, 0.15) is 29.6 Å². The number of carbonyl (C=O) groups excluding carboxylic acids is 1. The molecule has 0 amide bonds. The van der Waals surface area contributed by atoms with Crippen LogP contribution in [-0.2, 0) is 4.74 Å². The Morgan fingerprint density at radius 3 is 2.84 bits per heavy atom. The third kappa shape index (κ3) is 4.41. The summed E-state index contributed by atoms with van der Waals surface area (Å²) in [6.07, 6.45) is 2.72. The summed E-state index contributed by atoms with van der Waals surface area (Å²) < 4.78 is 6.31. The molecule has 2 rings (SSSR count). The predicted molar refractivity (Wildman–Crippen MR) is 79.6 cm³/mol. The molecule has 0 N–H and O–H groups in total. The Hall–Kier alpha value is -0.710. The topological polar surface area (TPSA) is 29.5 Å². The van der Waals surface area contributed by atoms with Crippen LogP contribution in [0.3, 0.4) is 0 Å². The maximum atomic E-state index is 12.1. The van der Waals surface area contributed by atoms with E-state index in [1.54, 1.807) is 0 Å². The lowest BCUT2D eigenvalue weighted by molar-refractivity contribution is 0.0425. The summed E-state index contributed by atoms with van der Waals surface area (Å²) in [6, 6.07) is 8.16. The Balaban J connectivity index is 1.82. The summed E-state index contributed by atoms with van der Waals surface area (Å²) in [5, 5.41) is 0. The smallest absolute Gasteiger partial charge is 0.164 e. The predicted octanol–water partition coefficient (Wildman–Crippen LogP) is 3.13. The first-order valence-corrected chi connectivity index (χ1v) is 7.53. The zero-order chi connectivity index (χ0) is 13.7. The maximum Gasteiger partial charge on any atom is 0.164 e. The summed E-state index contributed by atoms with van der Waals surface area (Å²) in [6.45, 7) is 2.50. The highest BCUT2D eigenvalue weighted by Gasteiger charge is 2.19. The average molecular weight is 326 g/mol. The maximum absolute atomic E-state index is 12.1. The van der Waals surface area contributed by atoms with E-state index in [0.717, 1.165) is 42.6 Å². The fourth-order valence-electron chi connectivity index (χ4n) is 2.39. The average Bonchev–Trinajstić information content (AvgIpc) is 2.45. The Morgan fingerprint density at radius 2 is 2.16 bits per heavy atom. The van der Waals surface area contributed by atoms with E-state index in [1.807, 2.05) is 24.3 Å². The van der Waals surface area contributed by atoms with Gasteiger partial charge in [0.15, 0.2) is 5.78 Å². The molecule has 4 heteroatoms. The van der Waals surface area contributed by atoms with Crippen molar-refractivity contribution in [1.29, 1.82) is 0 Å². The number of nitrogens with zero attached hydrogens (tertiary/aromatic N) is 1. The fourth-order valence-corrected chi connectivity index (χ4v) is 2.79. The molecule has 0 saturated carbocycles. The molecule has 3 nitrogen and oxygen atoms in total. The first kappa shape index (κ1) is 14.7. The second-order valence-corrected chi connectivity index (χ2v) is 5.92. The van der Waals surface area contributed by atoms with Crippen molar-refractivity contribution in [2.24, 2.45) is 0 Å². The molecule has 0 radical (unpaired) electrons. The molecule has 104 valence electrons. The molecule has 1 saturated heterocycles. The Morgan fingerprint density at radius 1 is 1.42 bits per heavy atom. The molecule has 1 heterocycles. The van der Waals surface area contributed by atoms with E-state index in [2.05, 4.69) is 27.9 Å². The number of hydrogen-bond donors (Lipinski definition) is 0. The van der Waals surface area contributed by atoms with Gasteiger partial charge < -0.3 is 9.64 Å². The van der Waals surface area contributed by atoms with Crippen LogP contribution in [-0.4, -0.2) is 43.5 Å². The Labute approximate surface area is 123 Å². The first-order valence-electron chi connectivity index (χ1n) is 6.73. The van der Waals surface area contributed by atoms with Crippen molar-refractivity contribution < 1.29 is 9.53 Å². The highest BCUT2D eigenvalue weighted by atomic mass is 79.9. The van der Waals surface area contributed by atoms with Crippen molar-refractivity contribution in [3.8, 4) is 0 Å². The molecular weight excluding hydrogens is 306 g/mol. The second kappa shape index (κ2) is 7.17. The molecule has 1 aliphatic heterocycles. The van der Waals surface area contributed by atoms with Crippen LogP contribution < -0.4 is 0 Å². The summed E-state index contributed by atoms with van der Waals surface area (Å²) >= 11 is 3.40. The monoisotopic (exact) mass is 325 g/mol. The number of benzene rings is 1. The fraction of sp³-hybridized carbons (Fsp3) is 0.533. The zero-order valence-corrected chi connectivity index (χ0v) is 12.9. The molecular formula is C15H20BrNO2. The number of ether oxygens (including phenoxy) is 1. The summed E-state index contributed by atoms with van der Waals surface area (Å²) in [5.74, 6) is 0.209. The van der Waals surface area contributed by atoms with E-state index in [1.165, 1.54) is 0 Å². The van der Waals surface area contributed by atoms with Crippen molar-refractivity contribution >= 4 is 21.7 Å². The van der Waals surface area contributed by atoms with Gasteiger partial charge in [-0.2, -0.15) is 0 Å². The molecule has 19 heavy (non-hydrogen) atoms. The number of halogens is 1. The van der Waals surface area contributed by atoms with Crippen molar-refractivity contribution in [2.75, 3.05) is 26.8 Å². The Bertz CT molecular complexity index is 430. The van der Waals surface area contributed by atoms with Crippen LogP contribution in [0, 0.1) is 0 Å². The molecule has 0 unspecified atom stereocenters. The third-order valence-electron chi connectivity index (χ3n) is 3.65. The second-order valence-electron chi connectivity index (χ2n) is 5.01. The molecule has 0 spiro atoms. The number of Topliss-reactive ketones (excluding diaryl/α,β-unsaturated/α-hetero) is 1. The normalized spacial score (nSPS) is 16.8.